The molecule has 140 valence electrons. The average molecular weight is 373 g/mol. The van der Waals surface area contributed by atoms with E-state index < -0.39 is 0 Å². The van der Waals surface area contributed by atoms with E-state index in [0.717, 1.165) is 45.0 Å². The third-order valence-electron chi connectivity index (χ3n) is 4.75. The summed E-state index contributed by atoms with van der Waals surface area (Å²) in [6, 6.07) is 8.10. The number of fused-ring (bicyclic) bond motifs is 2. The van der Waals surface area contributed by atoms with E-state index in [0.29, 0.717) is 6.61 Å². The molecule has 0 bridgehead atoms. The third-order valence-corrected chi connectivity index (χ3v) is 4.75. The van der Waals surface area contributed by atoms with Crippen LogP contribution in [0.3, 0.4) is 0 Å². The minimum atomic E-state index is 0.506. The number of rotatable bonds is 5. The number of pyridine rings is 2. The van der Waals surface area contributed by atoms with Crippen molar-refractivity contribution in [3.8, 4) is 11.1 Å². The molecule has 0 aliphatic carbocycles. The number of hydrogen-bond donors (Lipinski definition) is 2. The summed E-state index contributed by atoms with van der Waals surface area (Å²) in [6.07, 6.45) is 9.54. The van der Waals surface area contributed by atoms with Crippen molar-refractivity contribution in [2.75, 3.05) is 12.4 Å². The van der Waals surface area contributed by atoms with Gasteiger partial charge in [0.25, 0.3) is 0 Å². The molecule has 5 rings (SSSR count). The van der Waals surface area contributed by atoms with Crippen molar-refractivity contribution in [2.24, 2.45) is 7.05 Å². The predicted molar refractivity (Wildman–Crippen MR) is 107 cm³/mol. The molecule has 5 heterocycles. The second kappa shape index (κ2) is 6.50. The fraction of sp³-hybridized carbons (Fsp3) is 0.150. The molecule has 5 aromatic heterocycles. The summed E-state index contributed by atoms with van der Waals surface area (Å²) in [5.74, 6) is 0.745. The van der Waals surface area contributed by atoms with E-state index in [1.165, 1.54) is 0 Å². The molecule has 2 N–H and O–H groups in total. The number of aromatic nitrogens is 6. The molecule has 5 aromatic rings. The van der Waals surface area contributed by atoms with Gasteiger partial charge in [-0.25, -0.2) is 4.98 Å². The summed E-state index contributed by atoms with van der Waals surface area (Å²) in [5, 5.41) is 7.92. The van der Waals surface area contributed by atoms with Gasteiger partial charge in [-0.1, -0.05) is 0 Å². The first-order valence-electron chi connectivity index (χ1n) is 8.90. The number of H-pyrrole nitrogens is 1. The Hall–Kier alpha value is -3.65. The highest BCUT2D eigenvalue weighted by Gasteiger charge is 2.11. The Morgan fingerprint density at radius 3 is 3.00 bits per heavy atom. The van der Waals surface area contributed by atoms with Crippen molar-refractivity contribution in [1.29, 1.82) is 0 Å². The maximum atomic E-state index is 5.22. The van der Waals surface area contributed by atoms with Crippen LogP contribution >= 0.6 is 0 Å². The van der Waals surface area contributed by atoms with Gasteiger partial charge >= 0.3 is 0 Å². The van der Waals surface area contributed by atoms with Crippen molar-refractivity contribution in [3.05, 3.63) is 60.9 Å². The molecule has 0 saturated carbocycles. The number of aryl methyl sites for hydroxylation is 1. The van der Waals surface area contributed by atoms with Gasteiger partial charge in [-0.3, -0.25) is 9.67 Å². The van der Waals surface area contributed by atoms with Crippen molar-refractivity contribution in [3.63, 3.8) is 0 Å². The second-order valence-corrected chi connectivity index (χ2v) is 6.64. The van der Waals surface area contributed by atoms with Crippen LogP contribution < -0.4 is 5.32 Å². The number of nitrogens with zero attached hydrogens (tertiary/aromatic N) is 5. The van der Waals surface area contributed by atoms with Crippen molar-refractivity contribution < 1.29 is 4.74 Å². The number of imidazole rings is 1. The van der Waals surface area contributed by atoms with E-state index in [9.17, 15) is 0 Å². The van der Waals surface area contributed by atoms with Crippen molar-refractivity contribution in [2.45, 2.75) is 6.61 Å². The molecule has 0 amide bonds. The lowest BCUT2D eigenvalue weighted by Crippen LogP contribution is -2.00. The first-order chi connectivity index (χ1) is 13.7. The van der Waals surface area contributed by atoms with Crippen LogP contribution in [0.15, 0.2) is 55.2 Å². The van der Waals surface area contributed by atoms with E-state index in [-0.39, 0.29) is 0 Å². The van der Waals surface area contributed by atoms with Gasteiger partial charge in [0.05, 0.1) is 29.0 Å². The van der Waals surface area contributed by atoms with Crippen LogP contribution in [0.1, 0.15) is 5.69 Å². The van der Waals surface area contributed by atoms with Crippen molar-refractivity contribution in [1.82, 2.24) is 29.1 Å². The first-order valence-corrected chi connectivity index (χ1v) is 8.90. The third kappa shape index (κ3) is 2.80. The van der Waals surface area contributed by atoms with Gasteiger partial charge in [-0.2, -0.15) is 5.10 Å². The summed E-state index contributed by atoms with van der Waals surface area (Å²) in [5.41, 5.74) is 6.70. The van der Waals surface area contributed by atoms with Crippen LogP contribution in [0.4, 0.5) is 11.5 Å². The summed E-state index contributed by atoms with van der Waals surface area (Å²) in [4.78, 5) is 12.2. The molecule has 0 saturated heterocycles. The maximum Gasteiger partial charge on any atom is 0.160 e. The summed E-state index contributed by atoms with van der Waals surface area (Å²) in [7, 11) is 3.57. The van der Waals surface area contributed by atoms with E-state index in [4.69, 9.17) is 4.74 Å². The highest BCUT2D eigenvalue weighted by Crippen LogP contribution is 2.29. The van der Waals surface area contributed by atoms with Gasteiger partial charge in [0.15, 0.2) is 11.5 Å². The molecule has 0 aliphatic rings. The number of ether oxygens (including phenoxy) is 1. The molecule has 0 radical (unpaired) electrons. The largest absolute Gasteiger partial charge is 0.378 e. The van der Waals surface area contributed by atoms with Crippen LogP contribution in [0.25, 0.3) is 27.8 Å². The first kappa shape index (κ1) is 16.5. The van der Waals surface area contributed by atoms with Gasteiger partial charge in [0, 0.05) is 62.3 Å². The molecule has 8 nitrogen and oxygen atoms in total. The smallest absolute Gasteiger partial charge is 0.160 e. The van der Waals surface area contributed by atoms with Gasteiger partial charge in [0.1, 0.15) is 0 Å². The molecule has 0 atom stereocenters. The minimum Gasteiger partial charge on any atom is -0.378 e. The van der Waals surface area contributed by atoms with Gasteiger partial charge in [0.2, 0.25) is 0 Å². The zero-order chi connectivity index (χ0) is 19.1. The average Bonchev–Trinajstić information content (AvgIpc) is 3.41. The fourth-order valence-corrected chi connectivity index (χ4v) is 3.36. The van der Waals surface area contributed by atoms with Gasteiger partial charge in [-0.15, -0.1) is 0 Å². The lowest BCUT2D eigenvalue weighted by molar-refractivity contribution is 0.178. The molecule has 8 heteroatoms. The predicted octanol–water partition coefficient (Wildman–Crippen LogP) is 3.50. The quantitative estimate of drug-likeness (QED) is 0.492. The van der Waals surface area contributed by atoms with E-state index in [2.05, 4.69) is 37.5 Å². The second-order valence-electron chi connectivity index (χ2n) is 6.64. The van der Waals surface area contributed by atoms with Crippen LogP contribution in [0.2, 0.25) is 0 Å². The molecule has 0 aromatic carbocycles. The van der Waals surface area contributed by atoms with Crippen LogP contribution in [-0.2, 0) is 18.4 Å². The zero-order valence-electron chi connectivity index (χ0n) is 15.5. The lowest BCUT2D eigenvalue weighted by atomic mass is 10.1. The number of methoxy groups -OCH3 is 1. The van der Waals surface area contributed by atoms with Crippen LogP contribution in [0.5, 0.6) is 0 Å². The minimum absolute atomic E-state index is 0.506. The standard InChI is InChI=1S/C20H19N7O/c1-26-15(12-28-2)9-19(25-26)24-18-8-14(11-27-6-5-22-20(18)27)13-7-17-16(23-10-13)3-4-21-17/h3-11,21H,12H2,1-2H3,(H,24,25). The number of hydrogen-bond acceptors (Lipinski definition) is 5. The molecular weight excluding hydrogens is 354 g/mol. The van der Waals surface area contributed by atoms with Gasteiger partial charge in [-0.05, 0) is 18.2 Å². The Kier molecular flexibility index (Phi) is 3.84. The van der Waals surface area contributed by atoms with Crippen molar-refractivity contribution >= 4 is 28.2 Å². The molecule has 0 unspecified atom stereocenters. The monoisotopic (exact) mass is 373 g/mol. The van der Waals surface area contributed by atoms with Gasteiger partial charge < -0.3 is 19.4 Å². The Balaban J connectivity index is 1.58. The highest BCUT2D eigenvalue weighted by molar-refractivity contribution is 5.83. The highest BCUT2D eigenvalue weighted by atomic mass is 16.5. The Labute approximate surface area is 160 Å². The molecule has 0 aliphatic heterocycles. The molecule has 0 spiro atoms. The number of aromatic amines is 1. The summed E-state index contributed by atoms with van der Waals surface area (Å²) >= 11 is 0. The lowest BCUT2D eigenvalue weighted by Gasteiger charge is -2.09. The van der Waals surface area contributed by atoms with E-state index in [1.807, 2.05) is 53.1 Å². The molecule has 0 fully saturated rings. The molecule has 28 heavy (non-hydrogen) atoms. The fourth-order valence-electron chi connectivity index (χ4n) is 3.36. The topological polar surface area (TPSA) is 85.1 Å². The Morgan fingerprint density at radius 1 is 1.18 bits per heavy atom. The van der Waals surface area contributed by atoms with E-state index in [1.54, 1.807) is 13.3 Å². The number of nitrogens with one attached hydrogen (secondary N) is 2. The van der Waals surface area contributed by atoms with E-state index >= 15 is 0 Å². The van der Waals surface area contributed by atoms with Crippen LogP contribution in [-0.4, -0.2) is 36.2 Å². The normalized spacial score (nSPS) is 11.5. The summed E-state index contributed by atoms with van der Waals surface area (Å²) in [6.45, 7) is 0.506. The summed E-state index contributed by atoms with van der Waals surface area (Å²) < 4.78 is 9.02. The van der Waals surface area contributed by atoms with Crippen LogP contribution in [0, 0.1) is 0 Å². The maximum absolute atomic E-state index is 5.22. The molecular formula is C20H19N7O. The zero-order valence-corrected chi connectivity index (χ0v) is 15.5. The SMILES string of the molecule is COCc1cc(Nc2cc(-c3cnc4cc[nH]c4c3)cn3ccnc23)nn1C. The number of anilines is 2. The Morgan fingerprint density at radius 2 is 2.11 bits per heavy atom. The Bertz CT molecular complexity index is 1280.